The van der Waals surface area contributed by atoms with Gasteiger partial charge in [0.05, 0.1) is 17.4 Å². The maximum Gasteiger partial charge on any atom is 0.253 e. The van der Waals surface area contributed by atoms with Gasteiger partial charge in [0, 0.05) is 19.6 Å². The van der Waals surface area contributed by atoms with E-state index in [1.54, 1.807) is 36.4 Å². The minimum absolute atomic E-state index is 0.0615. The van der Waals surface area contributed by atoms with Crippen LogP contribution >= 0.6 is 0 Å². The number of anilines is 1. The molecule has 0 saturated carbocycles. The molecule has 0 spiro atoms. The molecule has 2 aromatic rings. The Labute approximate surface area is 157 Å². The fraction of sp³-hybridized carbons (Fsp3) is 0.333. The normalized spacial score (nSPS) is 16.1. The quantitative estimate of drug-likeness (QED) is 0.786. The number of nitrogens with one attached hydrogen (secondary N) is 2. The van der Waals surface area contributed by atoms with E-state index in [4.69, 9.17) is 4.74 Å². The summed E-state index contributed by atoms with van der Waals surface area (Å²) in [7, 11) is 0. The van der Waals surface area contributed by atoms with Gasteiger partial charge >= 0.3 is 0 Å². The number of amides is 2. The van der Waals surface area contributed by atoms with E-state index in [2.05, 4.69) is 10.6 Å². The SMILES string of the molecule is O=C(CCc1ccc(F)cc1)Nc1ccccc1C(=O)NC[C@@H]1CCCO1. The van der Waals surface area contributed by atoms with Crippen molar-refractivity contribution in [2.24, 2.45) is 0 Å². The first-order valence-electron chi connectivity index (χ1n) is 9.15. The van der Waals surface area contributed by atoms with Gasteiger partial charge in [-0.2, -0.15) is 0 Å². The molecule has 0 aromatic heterocycles. The maximum absolute atomic E-state index is 12.9. The van der Waals surface area contributed by atoms with E-state index in [1.807, 2.05) is 0 Å². The molecule has 0 bridgehead atoms. The summed E-state index contributed by atoms with van der Waals surface area (Å²) in [6.07, 6.45) is 2.77. The highest BCUT2D eigenvalue weighted by atomic mass is 19.1. The highest BCUT2D eigenvalue weighted by molar-refractivity contribution is 6.03. The molecular formula is C21H23FN2O3. The molecule has 6 heteroatoms. The molecule has 2 amide bonds. The van der Waals surface area contributed by atoms with Gasteiger partial charge in [-0.1, -0.05) is 24.3 Å². The van der Waals surface area contributed by atoms with Crippen LogP contribution in [-0.4, -0.2) is 31.1 Å². The molecule has 5 nitrogen and oxygen atoms in total. The lowest BCUT2D eigenvalue weighted by atomic mass is 10.1. The highest BCUT2D eigenvalue weighted by Gasteiger charge is 2.18. The first kappa shape index (κ1) is 19.0. The standard InChI is InChI=1S/C21H23FN2O3/c22-16-10-7-15(8-11-16)9-12-20(25)24-19-6-2-1-5-18(19)21(26)23-14-17-4-3-13-27-17/h1-2,5-8,10-11,17H,3-4,9,12-14H2,(H,23,26)(H,24,25)/t17-/m0/s1. The van der Waals surface area contributed by atoms with Crippen molar-refractivity contribution in [2.45, 2.75) is 31.8 Å². The molecule has 0 aliphatic carbocycles. The Bertz CT molecular complexity index is 786. The number of hydrogen-bond acceptors (Lipinski definition) is 3. The molecule has 1 aliphatic rings. The molecule has 27 heavy (non-hydrogen) atoms. The summed E-state index contributed by atoms with van der Waals surface area (Å²) in [5, 5.41) is 5.66. The predicted molar refractivity (Wildman–Crippen MR) is 101 cm³/mol. The van der Waals surface area contributed by atoms with Gasteiger partial charge in [0.25, 0.3) is 5.91 Å². The van der Waals surface area contributed by atoms with Gasteiger partial charge in [-0.05, 0) is 49.1 Å². The molecule has 1 heterocycles. The number of hydrogen-bond donors (Lipinski definition) is 2. The van der Waals surface area contributed by atoms with Gasteiger partial charge in [0.1, 0.15) is 5.82 Å². The lowest BCUT2D eigenvalue weighted by Gasteiger charge is -2.14. The smallest absolute Gasteiger partial charge is 0.253 e. The third-order valence-electron chi connectivity index (χ3n) is 4.51. The van der Waals surface area contributed by atoms with Crippen LogP contribution in [0, 0.1) is 5.82 Å². The number of rotatable bonds is 7. The van der Waals surface area contributed by atoms with Gasteiger partial charge in [-0.3, -0.25) is 9.59 Å². The molecule has 3 rings (SSSR count). The zero-order chi connectivity index (χ0) is 19.1. The minimum Gasteiger partial charge on any atom is -0.376 e. The fourth-order valence-electron chi connectivity index (χ4n) is 3.02. The second kappa shape index (κ2) is 9.28. The molecular weight excluding hydrogens is 347 g/mol. The van der Waals surface area contributed by atoms with Crippen molar-refractivity contribution in [3.63, 3.8) is 0 Å². The first-order valence-corrected chi connectivity index (χ1v) is 9.15. The van der Waals surface area contributed by atoms with Gasteiger partial charge in [-0.25, -0.2) is 4.39 Å². The molecule has 0 unspecified atom stereocenters. The Hall–Kier alpha value is -2.73. The topological polar surface area (TPSA) is 67.4 Å². The van der Waals surface area contributed by atoms with E-state index >= 15 is 0 Å². The molecule has 1 atom stereocenters. The average molecular weight is 370 g/mol. The fourth-order valence-corrected chi connectivity index (χ4v) is 3.02. The first-order chi connectivity index (χ1) is 13.1. The maximum atomic E-state index is 12.9. The van der Waals surface area contributed by atoms with Gasteiger partial charge in [0.2, 0.25) is 5.91 Å². The lowest BCUT2D eigenvalue weighted by Crippen LogP contribution is -2.32. The molecule has 2 N–H and O–H groups in total. The summed E-state index contributed by atoms with van der Waals surface area (Å²) in [6.45, 7) is 1.20. The van der Waals surface area contributed by atoms with Crippen LogP contribution in [0.5, 0.6) is 0 Å². The van der Waals surface area contributed by atoms with Crippen molar-refractivity contribution >= 4 is 17.5 Å². The van der Waals surface area contributed by atoms with Crippen molar-refractivity contribution in [2.75, 3.05) is 18.5 Å². The van der Waals surface area contributed by atoms with Crippen LogP contribution in [0.1, 0.15) is 35.2 Å². The Morgan fingerprint density at radius 2 is 1.89 bits per heavy atom. The third-order valence-corrected chi connectivity index (χ3v) is 4.51. The van der Waals surface area contributed by atoms with E-state index in [1.165, 1.54) is 12.1 Å². The van der Waals surface area contributed by atoms with Gasteiger partial charge in [0.15, 0.2) is 0 Å². The third kappa shape index (κ3) is 5.62. The van der Waals surface area contributed by atoms with E-state index in [-0.39, 0.29) is 30.2 Å². The Morgan fingerprint density at radius 3 is 2.63 bits per heavy atom. The zero-order valence-corrected chi connectivity index (χ0v) is 15.0. The molecule has 142 valence electrons. The summed E-state index contributed by atoms with van der Waals surface area (Å²) in [6, 6.07) is 13.0. The molecule has 1 fully saturated rings. The summed E-state index contributed by atoms with van der Waals surface area (Å²) >= 11 is 0. The van der Waals surface area contributed by atoms with Crippen molar-refractivity contribution in [1.29, 1.82) is 0 Å². The van der Waals surface area contributed by atoms with Crippen LogP contribution in [0.2, 0.25) is 0 Å². The van der Waals surface area contributed by atoms with Crippen LogP contribution in [-0.2, 0) is 16.0 Å². The largest absolute Gasteiger partial charge is 0.376 e. The van der Waals surface area contributed by atoms with Crippen molar-refractivity contribution in [3.05, 3.63) is 65.5 Å². The van der Waals surface area contributed by atoms with Crippen LogP contribution in [0.15, 0.2) is 48.5 Å². The summed E-state index contributed by atoms with van der Waals surface area (Å²) in [5.74, 6) is -0.732. The second-order valence-electron chi connectivity index (χ2n) is 6.57. The molecule has 2 aromatic carbocycles. The van der Waals surface area contributed by atoms with Crippen molar-refractivity contribution in [1.82, 2.24) is 5.32 Å². The summed E-state index contributed by atoms with van der Waals surface area (Å²) < 4.78 is 18.4. The van der Waals surface area contributed by atoms with Crippen LogP contribution in [0.25, 0.3) is 0 Å². The number of ether oxygens (including phenoxy) is 1. The number of carbonyl (C=O) groups is 2. The monoisotopic (exact) mass is 370 g/mol. The Morgan fingerprint density at radius 1 is 1.11 bits per heavy atom. The Kier molecular flexibility index (Phi) is 6.54. The van der Waals surface area contributed by atoms with E-state index in [0.717, 1.165) is 25.0 Å². The Balaban J connectivity index is 1.55. The number of benzene rings is 2. The van der Waals surface area contributed by atoms with Crippen molar-refractivity contribution < 1.29 is 18.7 Å². The van der Waals surface area contributed by atoms with Crippen LogP contribution in [0.4, 0.5) is 10.1 Å². The molecule has 1 aliphatic heterocycles. The molecule has 1 saturated heterocycles. The summed E-state index contributed by atoms with van der Waals surface area (Å²) in [5.41, 5.74) is 1.78. The van der Waals surface area contributed by atoms with Gasteiger partial charge in [-0.15, -0.1) is 0 Å². The lowest BCUT2D eigenvalue weighted by molar-refractivity contribution is -0.116. The zero-order valence-electron chi connectivity index (χ0n) is 15.0. The van der Waals surface area contributed by atoms with E-state index in [9.17, 15) is 14.0 Å². The van der Waals surface area contributed by atoms with E-state index < -0.39 is 0 Å². The van der Waals surface area contributed by atoms with Gasteiger partial charge < -0.3 is 15.4 Å². The predicted octanol–water partition coefficient (Wildman–Crippen LogP) is 3.31. The second-order valence-corrected chi connectivity index (χ2v) is 6.57. The van der Waals surface area contributed by atoms with Crippen LogP contribution < -0.4 is 10.6 Å². The van der Waals surface area contributed by atoms with Crippen LogP contribution in [0.3, 0.4) is 0 Å². The van der Waals surface area contributed by atoms with E-state index in [0.29, 0.717) is 24.2 Å². The number of aryl methyl sites for hydroxylation is 1. The number of para-hydroxylation sites is 1. The number of carbonyl (C=O) groups excluding carboxylic acids is 2. The summed E-state index contributed by atoms with van der Waals surface area (Å²) in [4.78, 5) is 24.7. The average Bonchev–Trinajstić information content (AvgIpc) is 3.20. The minimum atomic E-state index is -0.300. The highest BCUT2D eigenvalue weighted by Crippen LogP contribution is 2.17. The molecule has 0 radical (unpaired) electrons. The number of halogens is 1. The van der Waals surface area contributed by atoms with Crippen molar-refractivity contribution in [3.8, 4) is 0 Å².